The van der Waals surface area contributed by atoms with Crippen LogP contribution in [0.4, 0.5) is 4.39 Å². The largest absolute Gasteiger partial charge is 0.457 e. The van der Waals surface area contributed by atoms with E-state index in [-0.39, 0.29) is 36.3 Å². The highest BCUT2D eigenvalue weighted by atomic mass is 35.5. The highest BCUT2D eigenvalue weighted by Crippen LogP contribution is 2.42. The van der Waals surface area contributed by atoms with Gasteiger partial charge >= 0.3 is 0 Å². The van der Waals surface area contributed by atoms with E-state index < -0.39 is 5.82 Å². The Morgan fingerprint density at radius 1 is 1.15 bits per heavy atom. The summed E-state index contributed by atoms with van der Waals surface area (Å²) in [5.41, 5.74) is 10.0. The van der Waals surface area contributed by atoms with Crippen LogP contribution in [0.2, 0.25) is 0 Å². The molecule has 1 fully saturated rings. The van der Waals surface area contributed by atoms with Crippen molar-refractivity contribution in [1.29, 1.82) is 0 Å². The van der Waals surface area contributed by atoms with Gasteiger partial charge in [0.05, 0.1) is 11.3 Å². The molecule has 0 radical (unpaired) electrons. The molecule has 0 saturated heterocycles. The van der Waals surface area contributed by atoms with Gasteiger partial charge in [-0.05, 0) is 61.7 Å². The minimum atomic E-state index is -0.545. The fourth-order valence-electron chi connectivity index (χ4n) is 4.11. The number of H-pyrrole nitrogens is 1. The molecular weight excluding hydrogens is 466 g/mol. The fourth-order valence-corrected chi connectivity index (χ4v) is 4.11. The lowest BCUT2D eigenvalue weighted by molar-refractivity contribution is 0.0728. The van der Waals surface area contributed by atoms with Gasteiger partial charge in [-0.2, -0.15) is 5.10 Å². The maximum absolute atomic E-state index is 14.6. The molecule has 176 valence electrons. The zero-order valence-corrected chi connectivity index (χ0v) is 19.7. The number of aromatic amines is 1. The van der Waals surface area contributed by atoms with Gasteiger partial charge in [0, 0.05) is 36.7 Å². The van der Waals surface area contributed by atoms with Gasteiger partial charge in [0.15, 0.2) is 0 Å². The lowest BCUT2D eigenvalue weighted by Crippen LogP contribution is -2.36. The Kier molecular flexibility index (Phi) is 8.00. The van der Waals surface area contributed by atoms with Crippen LogP contribution in [0.3, 0.4) is 0 Å². The van der Waals surface area contributed by atoms with Crippen LogP contribution in [0.5, 0.6) is 11.5 Å². The average Bonchev–Trinajstić information content (AvgIpc) is 3.54. The highest BCUT2D eigenvalue weighted by molar-refractivity contribution is 5.95. The number of rotatable bonds is 6. The molecule has 6 nitrogen and oxygen atoms in total. The number of halogens is 3. The van der Waals surface area contributed by atoms with Crippen molar-refractivity contribution in [3.05, 3.63) is 76.4 Å². The van der Waals surface area contributed by atoms with E-state index in [0.717, 1.165) is 41.8 Å². The van der Waals surface area contributed by atoms with E-state index in [1.165, 1.54) is 18.2 Å². The number of ether oxygens (including phenoxy) is 1. The second-order valence-electron chi connectivity index (χ2n) is 8.24. The Balaban J connectivity index is 0.00000153. The molecule has 0 atom stereocenters. The number of aromatic nitrogens is 2. The normalized spacial score (nSPS) is 14.7. The zero-order chi connectivity index (χ0) is 21.4. The second-order valence-corrected chi connectivity index (χ2v) is 8.24. The van der Waals surface area contributed by atoms with Gasteiger partial charge in [-0.3, -0.25) is 9.89 Å². The van der Waals surface area contributed by atoms with Crippen molar-refractivity contribution < 1.29 is 13.9 Å². The van der Waals surface area contributed by atoms with E-state index in [0.29, 0.717) is 43.5 Å². The lowest BCUT2D eigenvalue weighted by Gasteiger charge is -2.27. The van der Waals surface area contributed by atoms with Gasteiger partial charge in [0.1, 0.15) is 17.3 Å². The number of nitrogens with two attached hydrogens (primary N) is 1. The zero-order valence-electron chi connectivity index (χ0n) is 18.1. The minimum Gasteiger partial charge on any atom is -0.457 e. The maximum atomic E-state index is 14.6. The van der Waals surface area contributed by atoms with E-state index in [9.17, 15) is 9.18 Å². The van der Waals surface area contributed by atoms with E-state index >= 15 is 0 Å². The number of nitrogens with zero attached hydrogens (tertiary/aromatic N) is 2. The van der Waals surface area contributed by atoms with Crippen LogP contribution in [0.25, 0.3) is 0 Å². The summed E-state index contributed by atoms with van der Waals surface area (Å²) < 4.78 is 20.4. The SMILES string of the molecule is Cl.Cl.NCCc1ccc(Oc2ccc(F)c(C(=O)N3CCc4[nH]nc(C5CC5)c4C3)c2)cc1. The van der Waals surface area contributed by atoms with Crippen LogP contribution < -0.4 is 10.5 Å². The van der Waals surface area contributed by atoms with Crippen LogP contribution in [-0.4, -0.2) is 34.1 Å². The van der Waals surface area contributed by atoms with Crippen molar-refractivity contribution in [3.8, 4) is 11.5 Å². The molecule has 9 heteroatoms. The first-order valence-corrected chi connectivity index (χ1v) is 10.7. The molecule has 0 spiro atoms. The molecule has 2 aromatic carbocycles. The fraction of sp³-hybridized carbons (Fsp3) is 0.333. The van der Waals surface area contributed by atoms with Crippen LogP contribution in [0.15, 0.2) is 42.5 Å². The van der Waals surface area contributed by atoms with Gasteiger partial charge in [-0.25, -0.2) is 4.39 Å². The summed E-state index contributed by atoms with van der Waals surface area (Å²) in [6.07, 6.45) is 3.79. The van der Waals surface area contributed by atoms with Crippen LogP contribution in [-0.2, 0) is 19.4 Å². The van der Waals surface area contributed by atoms with E-state index in [4.69, 9.17) is 10.5 Å². The van der Waals surface area contributed by atoms with E-state index in [1.54, 1.807) is 4.90 Å². The number of benzene rings is 2. The number of hydrogen-bond donors (Lipinski definition) is 2. The minimum absolute atomic E-state index is 0. The van der Waals surface area contributed by atoms with E-state index in [2.05, 4.69) is 10.2 Å². The van der Waals surface area contributed by atoms with Crippen LogP contribution in [0, 0.1) is 5.82 Å². The van der Waals surface area contributed by atoms with E-state index in [1.807, 2.05) is 24.3 Å². The Hall–Kier alpha value is -2.61. The number of fused-ring (bicyclic) bond motifs is 1. The number of carbonyl (C=O) groups excluding carboxylic acids is 1. The van der Waals surface area contributed by atoms with Gasteiger partial charge in [-0.1, -0.05) is 12.1 Å². The summed E-state index contributed by atoms with van der Waals surface area (Å²) in [6.45, 7) is 1.58. The number of amides is 1. The van der Waals surface area contributed by atoms with Crippen molar-refractivity contribution in [2.45, 2.75) is 38.1 Å². The molecular formula is C24H27Cl2FN4O2. The van der Waals surface area contributed by atoms with Crippen molar-refractivity contribution in [1.82, 2.24) is 15.1 Å². The molecule has 2 heterocycles. The molecule has 2 aliphatic rings. The maximum Gasteiger partial charge on any atom is 0.257 e. The molecule has 1 aromatic heterocycles. The Labute approximate surface area is 204 Å². The molecule has 1 aliphatic heterocycles. The molecule has 5 rings (SSSR count). The Bertz CT molecular complexity index is 1120. The molecule has 1 amide bonds. The molecule has 1 aliphatic carbocycles. The third kappa shape index (κ3) is 5.32. The number of hydrogen-bond acceptors (Lipinski definition) is 4. The van der Waals surface area contributed by atoms with Crippen molar-refractivity contribution in [2.75, 3.05) is 13.1 Å². The third-order valence-corrected chi connectivity index (χ3v) is 5.98. The first kappa shape index (κ1) is 25.0. The predicted molar refractivity (Wildman–Crippen MR) is 129 cm³/mol. The quantitative estimate of drug-likeness (QED) is 0.519. The van der Waals surface area contributed by atoms with Gasteiger partial charge in [0.2, 0.25) is 0 Å². The van der Waals surface area contributed by atoms with Gasteiger partial charge in [0.25, 0.3) is 5.91 Å². The molecule has 3 aromatic rings. The molecule has 0 bridgehead atoms. The summed E-state index contributed by atoms with van der Waals surface area (Å²) in [6, 6.07) is 11.9. The second kappa shape index (κ2) is 10.5. The predicted octanol–water partition coefficient (Wildman–Crippen LogP) is 4.76. The summed E-state index contributed by atoms with van der Waals surface area (Å²) in [5.74, 6) is 0.683. The number of nitrogens with one attached hydrogen (secondary N) is 1. The Morgan fingerprint density at radius 2 is 1.88 bits per heavy atom. The molecule has 33 heavy (non-hydrogen) atoms. The molecule has 3 N–H and O–H groups in total. The standard InChI is InChI=1S/C24H25FN4O2.2ClH/c25-21-8-7-18(31-17-5-1-15(2-6-17)9-11-26)13-19(21)24(30)29-12-10-22-20(14-29)23(28-27-22)16-3-4-16;;/h1-2,5-8,13,16H,3-4,9-12,14,26H2,(H,27,28);2*1H. The number of carbonyl (C=O) groups is 1. The summed E-state index contributed by atoms with van der Waals surface area (Å²) >= 11 is 0. The lowest BCUT2D eigenvalue weighted by atomic mass is 10.0. The van der Waals surface area contributed by atoms with Crippen LogP contribution >= 0.6 is 24.8 Å². The highest BCUT2D eigenvalue weighted by Gasteiger charge is 2.33. The van der Waals surface area contributed by atoms with Crippen molar-refractivity contribution >= 4 is 30.7 Å². The summed E-state index contributed by atoms with van der Waals surface area (Å²) in [4.78, 5) is 14.9. The Morgan fingerprint density at radius 3 is 2.58 bits per heavy atom. The summed E-state index contributed by atoms with van der Waals surface area (Å²) in [7, 11) is 0. The van der Waals surface area contributed by atoms with Gasteiger partial charge < -0.3 is 15.4 Å². The third-order valence-electron chi connectivity index (χ3n) is 5.98. The first-order valence-electron chi connectivity index (χ1n) is 10.7. The molecule has 0 unspecified atom stereocenters. The summed E-state index contributed by atoms with van der Waals surface area (Å²) in [5, 5.41) is 7.58. The monoisotopic (exact) mass is 492 g/mol. The van der Waals surface area contributed by atoms with Crippen molar-refractivity contribution in [3.63, 3.8) is 0 Å². The molecule has 1 saturated carbocycles. The first-order chi connectivity index (χ1) is 15.1. The smallest absolute Gasteiger partial charge is 0.257 e. The van der Waals surface area contributed by atoms with Crippen LogP contribution in [0.1, 0.15) is 51.6 Å². The average molecular weight is 493 g/mol. The van der Waals surface area contributed by atoms with Crippen molar-refractivity contribution in [2.24, 2.45) is 5.73 Å². The van der Waals surface area contributed by atoms with Gasteiger partial charge in [-0.15, -0.1) is 24.8 Å². The topological polar surface area (TPSA) is 84.2 Å².